The third kappa shape index (κ3) is 3.52. The van der Waals surface area contributed by atoms with E-state index >= 15 is 0 Å². The first-order valence-electron chi connectivity index (χ1n) is 9.93. The Labute approximate surface area is 179 Å². The Hall–Kier alpha value is -2.98. The van der Waals surface area contributed by atoms with Gasteiger partial charge >= 0.3 is 5.97 Å². The number of halogens is 2. The Bertz CT molecular complexity index is 1140. The minimum absolute atomic E-state index is 0.0220. The SMILES string of the molecule is O=C1OC[C@H]2[C@@H]1Cc1ccc(F)cc1[C@@H]2/C=C/c1ccc(-c2cccc(Cl)c2)cn1. The van der Waals surface area contributed by atoms with Crippen LogP contribution in [0.15, 0.2) is 66.9 Å². The van der Waals surface area contributed by atoms with E-state index in [4.69, 9.17) is 16.3 Å². The second-order valence-corrected chi connectivity index (χ2v) is 8.25. The molecule has 0 unspecified atom stereocenters. The number of rotatable bonds is 3. The maximum atomic E-state index is 13.9. The van der Waals surface area contributed by atoms with E-state index in [2.05, 4.69) is 4.98 Å². The van der Waals surface area contributed by atoms with Crippen LogP contribution >= 0.6 is 11.6 Å². The molecule has 5 rings (SSSR count). The van der Waals surface area contributed by atoms with E-state index in [1.165, 1.54) is 6.07 Å². The molecule has 0 spiro atoms. The van der Waals surface area contributed by atoms with E-state index in [-0.39, 0.29) is 29.5 Å². The Kier molecular flexibility index (Phi) is 4.87. The molecule has 2 aliphatic rings. The maximum Gasteiger partial charge on any atom is 0.309 e. The van der Waals surface area contributed by atoms with Crippen LogP contribution in [0.1, 0.15) is 22.7 Å². The van der Waals surface area contributed by atoms with E-state index in [9.17, 15) is 9.18 Å². The summed E-state index contributed by atoms with van der Waals surface area (Å²) in [7, 11) is 0. The summed E-state index contributed by atoms with van der Waals surface area (Å²) in [5, 5.41) is 0.683. The van der Waals surface area contributed by atoms with Gasteiger partial charge in [0.15, 0.2) is 0 Å². The lowest BCUT2D eigenvalue weighted by Crippen LogP contribution is -2.29. The van der Waals surface area contributed by atoms with Crippen LogP contribution < -0.4 is 0 Å². The quantitative estimate of drug-likeness (QED) is 0.512. The molecule has 30 heavy (non-hydrogen) atoms. The monoisotopic (exact) mass is 419 g/mol. The largest absolute Gasteiger partial charge is 0.465 e. The fourth-order valence-electron chi connectivity index (χ4n) is 4.49. The number of fused-ring (bicyclic) bond motifs is 2. The summed E-state index contributed by atoms with van der Waals surface area (Å²) in [5.41, 5.74) is 4.73. The van der Waals surface area contributed by atoms with Crippen LogP contribution in [0.4, 0.5) is 4.39 Å². The van der Waals surface area contributed by atoms with E-state index in [0.717, 1.165) is 27.9 Å². The number of allylic oxidation sites excluding steroid dienone is 1. The molecule has 1 fully saturated rings. The molecule has 0 radical (unpaired) electrons. The highest BCUT2D eigenvalue weighted by atomic mass is 35.5. The normalized spacial score (nSPS) is 22.6. The number of nitrogens with zero attached hydrogens (tertiary/aromatic N) is 1. The molecule has 3 nitrogen and oxygen atoms in total. The first-order chi connectivity index (χ1) is 14.6. The summed E-state index contributed by atoms with van der Waals surface area (Å²) >= 11 is 6.08. The first-order valence-corrected chi connectivity index (χ1v) is 10.3. The van der Waals surface area contributed by atoms with Gasteiger partial charge in [0.25, 0.3) is 0 Å². The highest BCUT2D eigenvalue weighted by Gasteiger charge is 2.45. The first kappa shape index (κ1) is 19.0. The van der Waals surface area contributed by atoms with E-state index in [0.29, 0.717) is 18.1 Å². The molecule has 0 bridgehead atoms. The summed E-state index contributed by atoms with van der Waals surface area (Å²) in [6, 6.07) is 16.4. The molecule has 5 heteroatoms. The third-order valence-electron chi connectivity index (χ3n) is 6.02. The van der Waals surface area contributed by atoms with Crippen LogP contribution in [0.25, 0.3) is 17.2 Å². The fourth-order valence-corrected chi connectivity index (χ4v) is 4.68. The zero-order valence-electron chi connectivity index (χ0n) is 16.1. The topological polar surface area (TPSA) is 39.2 Å². The van der Waals surface area contributed by atoms with Crippen molar-refractivity contribution in [2.45, 2.75) is 12.3 Å². The van der Waals surface area contributed by atoms with Crippen LogP contribution in [0, 0.1) is 17.7 Å². The molecular weight excluding hydrogens is 401 g/mol. The minimum atomic E-state index is -0.264. The molecule has 1 aliphatic heterocycles. The molecule has 3 aromatic rings. The van der Waals surface area contributed by atoms with Crippen molar-refractivity contribution in [2.75, 3.05) is 6.61 Å². The van der Waals surface area contributed by atoms with Gasteiger partial charge in [-0.15, -0.1) is 0 Å². The van der Waals surface area contributed by atoms with Gasteiger partial charge in [0.2, 0.25) is 0 Å². The second-order valence-electron chi connectivity index (χ2n) is 7.81. The Morgan fingerprint density at radius 2 is 2.00 bits per heavy atom. The zero-order chi connectivity index (χ0) is 20.7. The van der Waals surface area contributed by atoms with Crippen molar-refractivity contribution in [3.05, 3.63) is 94.5 Å². The minimum Gasteiger partial charge on any atom is -0.465 e. The Morgan fingerprint density at radius 1 is 1.10 bits per heavy atom. The average molecular weight is 420 g/mol. The maximum absolute atomic E-state index is 13.9. The Morgan fingerprint density at radius 3 is 2.80 bits per heavy atom. The lowest BCUT2D eigenvalue weighted by molar-refractivity contribution is -0.141. The van der Waals surface area contributed by atoms with E-state index < -0.39 is 0 Å². The van der Waals surface area contributed by atoms with Crippen LogP contribution in [0.3, 0.4) is 0 Å². The number of aromatic nitrogens is 1. The molecule has 1 saturated heterocycles. The predicted octanol–water partition coefficient (Wildman–Crippen LogP) is 5.68. The third-order valence-corrected chi connectivity index (χ3v) is 6.26. The molecular formula is C25H19ClFNO2. The van der Waals surface area contributed by atoms with E-state index in [1.807, 2.05) is 54.7 Å². The lowest BCUT2D eigenvalue weighted by Gasteiger charge is -2.31. The smallest absolute Gasteiger partial charge is 0.309 e. The van der Waals surface area contributed by atoms with Crippen molar-refractivity contribution >= 4 is 23.6 Å². The molecule has 2 heterocycles. The van der Waals surface area contributed by atoms with Crippen molar-refractivity contribution in [3.63, 3.8) is 0 Å². The molecule has 2 aromatic carbocycles. The number of benzene rings is 2. The highest BCUT2D eigenvalue weighted by Crippen LogP contribution is 2.44. The standard InChI is InChI=1S/C25H19ClFNO2/c26-18-3-1-2-15(10-18)17-5-7-20(28-13-17)8-9-21-22-12-19(27)6-4-16(22)11-23-24(21)14-30-25(23)29/h1-10,12-13,21,23-24H,11,14H2/b9-8+/t21-,23-,24+/m0/s1. The fraction of sp³-hybridized carbons (Fsp3) is 0.200. The number of cyclic esters (lactones) is 1. The number of pyridine rings is 1. The van der Waals surface area contributed by atoms with Gasteiger partial charge < -0.3 is 4.74 Å². The molecule has 1 aliphatic carbocycles. The number of esters is 1. The van der Waals surface area contributed by atoms with Gasteiger partial charge in [0, 0.05) is 28.6 Å². The highest BCUT2D eigenvalue weighted by molar-refractivity contribution is 6.30. The van der Waals surface area contributed by atoms with Gasteiger partial charge in [-0.05, 0) is 59.5 Å². The van der Waals surface area contributed by atoms with Crippen molar-refractivity contribution in [1.29, 1.82) is 0 Å². The van der Waals surface area contributed by atoms with Crippen molar-refractivity contribution in [2.24, 2.45) is 11.8 Å². The zero-order valence-corrected chi connectivity index (χ0v) is 16.9. The van der Waals surface area contributed by atoms with Gasteiger partial charge in [-0.25, -0.2) is 4.39 Å². The number of ether oxygens (including phenoxy) is 1. The summed E-state index contributed by atoms with van der Waals surface area (Å²) in [5.74, 6) is -0.655. The molecule has 0 amide bonds. The van der Waals surface area contributed by atoms with Gasteiger partial charge in [-0.1, -0.05) is 41.9 Å². The van der Waals surface area contributed by atoms with Crippen LogP contribution in [-0.2, 0) is 16.0 Å². The van der Waals surface area contributed by atoms with Gasteiger partial charge in [-0.3, -0.25) is 9.78 Å². The summed E-state index contributed by atoms with van der Waals surface area (Å²) in [6.45, 7) is 0.371. The van der Waals surface area contributed by atoms with Crippen LogP contribution in [0.2, 0.25) is 5.02 Å². The van der Waals surface area contributed by atoms with Gasteiger partial charge in [0.1, 0.15) is 5.82 Å². The summed E-state index contributed by atoms with van der Waals surface area (Å²) in [6.07, 6.45) is 6.38. The number of hydrogen-bond acceptors (Lipinski definition) is 3. The van der Waals surface area contributed by atoms with Crippen molar-refractivity contribution in [3.8, 4) is 11.1 Å². The Balaban J connectivity index is 1.44. The number of carbonyl (C=O) groups is 1. The predicted molar refractivity (Wildman–Crippen MR) is 115 cm³/mol. The molecule has 1 aromatic heterocycles. The number of hydrogen-bond donors (Lipinski definition) is 0. The average Bonchev–Trinajstić information content (AvgIpc) is 3.12. The lowest BCUT2D eigenvalue weighted by atomic mass is 9.70. The second kappa shape index (κ2) is 7.69. The van der Waals surface area contributed by atoms with Crippen LogP contribution in [0.5, 0.6) is 0 Å². The van der Waals surface area contributed by atoms with Crippen molar-refractivity contribution < 1.29 is 13.9 Å². The van der Waals surface area contributed by atoms with Gasteiger partial charge in [-0.2, -0.15) is 0 Å². The van der Waals surface area contributed by atoms with Crippen LogP contribution in [-0.4, -0.2) is 17.6 Å². The number of carbonyl (C=O) groups excluding carboxylic acids is 1. The van der Waals surface area contributed by atoms with E-state index in [1.54, 1.807) is 12.1 Å². The molecule has 0 N–H and O–H groups in total. The van der Waals surface area contributed by atoms with Crippen molar-refractivity contribution in [1.82, 2.24) is 4.98 Å². The summed E-state index contributed by atoms with van der Waals surface area (Å²) < 4.78 is 19.3. The summed E-state index contributed by atoms with van der Waals surface area (Å²) in [4.78, 5) is 16.7. The molecule has 0 saturated carbocycles. The molecule has 3 atom stereocenters. The molecule has 150 valence electrons. The van der Waals surface area contributed by atoms with Gasteiger partial charge in [0.05, 0.1) is 18.2 Å².